The molecule has 0 bridgehead atoms. The molecule has 10 nitrogen and oxygen atoms in total. The summed E-state index contributed by atoms with van der Waals surface area (Å²) in [5.74, 6) is -0.344. The zero-order valence-electron chi connectivity index (χ0n) is 10.8. The molecule has 0 spiro atoms. The smallest absolute Gasteiger partial charge is 0.345 e. The number of nitrogens with one attached hydrogen (secondary N) is 1. The van der Waals surface area contributed by atoms with Crippen molar-refractivity contribution < 1.29 is 13.3 Å². The van der Waals surface area contributed by atoms with Gasteiger partial charge in [-0.25, -0.2) is 14.7 Å². The van der Waals surface area contributed by atoms with E-state index in [2.05, 4.69) is 19.1 Å². The van der Waals surface area contributed by atoms with Crippen LogP contribution in [0.5, 0.6) is 0 Å². The van der Waals surface area contributed by atoms with Crippen LogP contribution in [0.1, 0.15) is 5.69 Å². The quantitative estimate of drug-likeness (QED) is 0.600. The molecule has 22 heavy (non-hydrogen) atoms. The largest absolute Gasteiger partial charge is 0.381 e. The van der Waals surface area contributed by atoms with E-state index in [1.165, 1.54) is 24.4 Å². The maximum Gasteiger partial charge on any atom is 0.345 e. The molecule has 0 aliphatic carbocycles. The van der Waals surface area contributed by atoms with E-state index in [0.717, 1.165) is 0 Å². The summed E-state index contributed by atoms with van der Waals surface area (Å²) in [4.78, 5) is 18.3. The summed E-state index contributed by atoms with van der Waals surface area (Å²) >= 11 is 0. The van der Waals surface area contributed by atoms with Crippen molar-refractivity contribution in [1.29, 1.82) is 0 Å². The van der Waals surface area contributed by atoms with Gasteiger partial charge in [0.2, 0.25) is 0 Å². The highest BCUT2D eigenvalue weighted by Crippen LogP contribution is 2.25. The lowest BCUT2D eigenvalue weighted by Crippen LogP contribution is -2.28. The second-order valence-corrected chi connectivity index (χ2v) is 5.65. The summed E-state index contributed by atoms with van der Waals surface area (Å²) in [6.45, 7) is 0. The number of aromatic nitrogens is 2. The van der Waals surface area contributed by atoms with Crippen LogP contribution in [0.2, 0.25) is 0 Å². The van der Waals surface area contributed by atoms with Gasteiger partial charge in [-0.1, -0.05) is 12.1 Å². The van der Waals surface area contributed by atoms with Gasteiger partial charge in [-0.15, -0.1) is 4.40 Å². The fraction of sp³-hybridized carbons (Fsp3) is 0. The predicted octanol–water partition coefficient (Wildman–Crippen LogP) is 0.427. The van der Waals surface area contributed by atoms with Crippen LogP contribution < -0.4 is 10.5 Å². The van der Waals surface area contributed by atoms with E-state index in [0.29, 0.717) is 5.56 Å². The number of non-ortho nitro benzene ring substituents is 1. The van der Waals surface area contributed by atoms with Gasteiger partial charge in [0.1, 0.15) is 5.69 Å². The van der Waals surface area contributed by atoms with Crippen molar-refractivity contribution in [3.8, 4) is 11.3 Å². The monoisotopic (exact) mass is 320 g/mol. The molecule has 0 radical (unpaired) electrons. The molecule has 0 amide bonds. The third kappa shape index (κ3) is 2.44. The van der Waals surface area contributed by atoms with Gasteiger partial charge in [0, 0.05) is 17.7 Å². The second-order valence-electron chi connectivity index (χ2n) is 4.31. The first-order valence-corrected chi connectivity index (χ1v) is 7.30. The highest BCUT2D eigenvalue weighted by atomic mass is 32.2. The molecule has 1 aromatic carbocycles. The number of nitro benzene ring substituents is 1. The van der Waals surface area contributed by atoms with Crippen LogP contribution in [0.15, 0.2) is 34.9 Å². The number of amidine groups is 1. The van der Waals surface area contributed by atoms with Crippen LogP contribution in [-0.4, -0.2) is 29.1 Å². The second kappa shape index (κ2) is 4.73. The lowest BCUT2D eigenvalue weighted by molar-refractivity contribution is -0.384. The maximum atomic E-state index is 11.5. The fourth-order valence-corrected chi connectivity index (χ4v) is 2.66. The molecule has 0 unspecified atom stereocenters. The summed E-state index contributed by atoms with van der Waals surface area (Å²) in [5, 5.41) is 10.8. The zero-order valence-corrected chi connectivity index (χ0v) is 11.6. The van der Waals surface area contributed by atoms with Crippen LogP contribution in [-0.2, 0) is 10.2 Å². The maximum absolute atomic E-state index is 11.5. The summed E-state index contributed by atoms with van der Waals surface area (Å²) in [6.07, 6.45) is 1.33. The first-order valence-electron chi connectivity index (χ1n) is 5.86. The molecule has 0 saturated heterocycles. The number of nitrogens with zero attached hydrogens (tertiary/aromatic N) is 4. The van der Waals surface area contributed by atoms with Crippen LogP contribution in [0.4, 0.5) is 11.5 Å². The summed E-state index contributed by atoms with van der Waals surface area (Å²) in [5.41, 5.74) is 6.19. The number of fused-ring (bicyclic) bond motifs is 1. The van der Waals surface area contributed by atoms with Crippen LogP contribution in [0.3, 0.4) is 0 Å². The van der Waals surface area contributed by atoms with Crippen molar-refractivity contribution in [1.82, 2.24) is 9.97 Å². The first kappa shape index (κ1) is 13.9. The van der Waals surface area contributed by atoms with Crippen molar-refractivity contribution in [2.24, 2.45) is 10.1 Å². The minimum atomic E-state index is -3.96. The number of hydrogen-bond donors (Lipinski definition) is 2. The Hall–Kier alpha value is -3.08. The minimum Gasteiger partial charge on any atom is -0.381 e. The van der Waals surface area contributed by atoms with Gasteiger partial charge >= 0.3 is 10.2 Å². The molecular weight excluding hydrogens is 312 g/mol. The predicted molar refractivity (Wildman–Crippen MR) is 77.4 cm³/mol. The lowest BCUT2D eigenvalue weighted by atomic mass is 10.1. The Morgan fingerprint density at radius 1 is 1.32 bits per heavy atom. The van der Waals surface area contributed by atoms with Gasteiger partial charge in [-0.2, -0.15) is 8.42 Å². The van der Waals surface area contributed by atoms with Crippen molar-refractivity contribution in [3.63, 3.8) is 0 Å². The minimum absolute atomic E-state index is 0.0727. The molecular formula is C11H8N6O4S. The summed E-state index contributed by atoms with van der Waals surface area (Å²) < 4.78 is 28.3. The van der Waals surface area contributed by atoms with Gasteiger partial charge in [0.05, 0.1) is 16.8 Å². The van der Waals surface area contributed by atoms with E-state index in [1.807, 2.05) is 0 Å². The summed E-state index contributed by atoms with van der Waals surface area (Å²) in [6, 6.07) is 5.74. The van der Waals surface area contributed by atoms with Crippen molar-refractivity contribution in [2.45, 2.75) is 0 Å². The number of anilines is 1. The zero-order chi connectivity index (χ0) is 15.9. The van der Waals surface area contributed by atoms with Crippen LogP contribution in [0, 0.1) is 10.1 Å². The van der Waals surface area contributed by atoms with E-state index in [9.17, 15) is 18.5 Å². The van der Waals surface area contributed by atoms with Crippen LogP contribution >= 0.6 is 0 Å². The molecule has 112 valence electrons. The Balaban J connectivity index is 2.11. The van der Waals surface area contributed by atoms with Gasteiger partial charge in [0.15, 0.2) is 11.7 Å². The SMILES string of the molecule is NC1=NS(=O)(=O)Nc2nc(-c3cccc([N+](=O)[O-])c3)cnc21. The number of nitrogens with two attached hydrogens (primary N) is 1. The van der Waals surface area contributed by atoms with Gasteiger partial charge in [-0.05, 0) is 0 Å². The average Bonchev–Trinajstić information content (AvgIpc) is 2.45. The summed E-state index contributed by atoms with van der Waals surface area (Å²) in [7, 11) is -3.96. The van der Waals surface area contributed by atoms with E-state index in [1.54, 1.807) is 6.07 Å². The lowest BCUT2D eigenvalue weighted by Gasteiger charge is -2.14. The molecule has 1 aliphatic heterocycles. The Kier molecular flexibility index (Phi) is 2.99. The number of benzene rings is 1. The van der Waals surface area contributed by atoms with Crippen molar-refractivity contribution >= 4 is 27.6 Å². The molecule has 0 saturated carbocycles. The molecule has 1 aliphatic rings. The molecule has 0 atom stereocenters. The molecule has 2 aromatic rings. The third-order valence-corrected chi connectivity index (χ3v) is 3.70. The molecule has 0 fully saturated rings. The Bertz CT molecular complexity index is 924. The van der Waals surface area contributed by atoms with Gasteiger partial charge in [0.25, 0.3) is 5.69 Å². The number of hydrogen-bond acceptors (Lipinski definition) is 7. The average molecular weight is 320 g/mol. The van der Waals surface area contributed by atoms with Gasteiger partial charge in [-0.3, -0.25) is 10.1 Å². The highest BCUT2D eigenvalue weighted by Gasteiger charge is 2.24. The highest BCUT2D eigenvalue weighted by molar-refractivity contribution is 7.91. The normalized spacial score (nSPS) is 15.4. The van der Waals surface area contributed by atoms with E-state index >= 15 is 0 Å². The van der Waals surface area contributed by atoms with Crippen LogP contribution in [0.25, 0.3) is 11.3 Å². The van der Waals surface area contributed by atoms with E-state index in [4.69, 9.17) is 5.73 Å². The number of rotatable bonds is 2. The fourth-order valence-electron chi connectivity index (χ4n) is 1.88. The van der Waals surface area contributed by atoms with E-state index in [-0.39, 0.29) is 28.7 Å². The molecule has 2 heterocycles. The first-order chi connectivity index (χ1) is 10.4. The van der Waals surface area contributed by atoms with E-state index < -0.39 is 15.1 Å². The molecule has 1 aromatic heterocycles. The molecule has 3 N–H and O–H groups in total. The Morgan fingerprint density at radius 3 is 2.82 bits per heavy atom. The molecule has 3 rings (SSSR count). The Labute approximate surface area is 124 Å². The van der Waals surface area contributed by atoms with Crippen molar-refractivity contribution in [3.05, 3.63) is 46.3 Å². The topological polar surface area (TPSA) is 153 Å². The van der Waals surface area contributed by atoms with Crippen molar-refractivity contribution in [2.75, 3.05) is 4.72 Å². The standard InChI is InChI=1S/C11H8N6O4S/c12-10-9-11(16-22(20,21)15-10)14-8(5-13-9)6-2-1-3-7(4-6)17(18)19/h1-5H,(H2,12,15)(H,14,16). The Morgan fingerprint density at radius 2 is 2.09 bits per heavy atom. The van der Waals surface area contributed by atoms with Gasteiger partial charge < -0.3 is 5.73 Å². The molecule has 11 heteroatoms. The third-order valence-electron chi connectivity index (χ3n) is 2.81. The number of nitro groups is 1.